The summed E-state index contributed by atoms with van der Waals surface area (Å²) in [5.41, 5.74) is 5.51. The van der Waals surface area contributed by atoms with E-state index in [4.69, 9.17) is 0 Å². The van der Waals surface area contributed by atoms with Crippen LogP contribution in [0.4, 0.5) is 0 Å². The molecule has 2 aliphatic rings. The summed E-state index contributed by atoms with van der Waals surface area (Å²) >= 11 is 0. The van der Waals surface area contributed by atoms with Crippen molar-refractivity contribution in [3.8, 4) is 11.1 Å². The number of aliphatic hydroxyl groups is 1. The Kier molecular flexibility index (Phi) is 3.28. The number of aliphatic hydroxyl groups excluding tert-OH is 1. The minimum atomic E-state index is -0.0915. The van der Waals surface area contributed by atoms with Crippen LogP contribution in [0, 0.1) is 0 Å². The highest BCUT2D eigenvalue weighted by molar-refractivity contribution is 5.78. The van der Waals surface area contributed by atoms with Crippen LogP contribution in [0.3, 0.4) is 0 Å². The molecule has 4 rings (SSSR count). The molecular formula is C19H21NO. The van der Waals surface area contributed by atoms with Gasteiger partial charge in [0.25, 0.3) is 0 Å². The maximum absolute atomic E-state index is 9.68. The third kappa shape index (κ3) is 2.29. The molecule has 108 valence electrons. The molecule has 1 fully saturated rings. The van der Waals surface area contributed by atoms with Gasteiger partial charge in [-0.05, 0) is 47.9 Å². The third-order valence-corrected chi connectivity index (χ3v) is 4.93. The molecule has 2 aromatic rings. The number of benzene rings is 2. The van der Waals surface area contributed by atoms with Gasteiger partial charge in [-0.2, -0.15) is 0 Å². The van der Waals surface area contributed by atoms with Crippen LogP contribution in [0.15, 0.2) is 48.5 Å². The Morgan fingerprint density at radius 2 is 1.29 bits per heavy atom. The van der Waals surface area contributed by atoms with Crippen molar-refractivity contribution >= 4 is 0 Å². The first-order chi connectivity index (χ1) is 10.3. The van der Waals surface area contributed by atoms with Crippen LogP contribution >= 0.6 is 0 Å². The van der Waals surface area contributed by atoms with Gasteiger partial charge in [0, 0.05) is 6.04 Å². The first kappa shape index (κ1) is 13.1. The van der Waals surface area contributed by atoms with Gasteiger partial charge in [-0.15, -0.1) is 0 Å². The number of hydrogen-bond acceptors (Lipinski definition) is 2. The third-order valence-electron chi connectivity index (χ3n) is 4.93. The van der Waals surface area contributed by atoms with E-state index in [1.165, 1.54) is 22.3 Å². The van der Waals surface area contributed by atoms with Gasteiger partial charge in [0.1, 0.15) is 0 Å². The highest BCUT2D eigenvalue weighted by Crippen LogP contribution is 2.43. The van der Waals surface area contributed by atoms with Gasteiger partial charge in [-0.1, -0.05) is 48.5 Å². The summed E-state index contributed by atoms with van der Waals surface area (Å²) in [4.78, 5) is 0. The summed E-state index contributed by atoms with van der Waals surface area (Å²) in [5.74, 6) is 0. The average Bonchev–Trinajstić information content (AvgIpc) is 2.85. The second kappa shape index (κ2) is 5.28. The van der Waals surface area contributed by atoms with Gasteiger partial charge in [0.15, 0.2) is 0 Å². The van der Waals surface area contributed by atoms with Crippen LogP contribution in [0.2, 0.25) is 0 Å². The van der Waals surface area contributed by atoms with Crippen LogP contribution in [0.1, 0.15) is 42.9 Å². The summed E-state index contributed by atoms with van der Waals surface area (Å²) in [7, 11) is 0. The molecule has 2 aliphatic carbocycles. The molecule has 2 nitrogen and oxygen atoms in total. The normalized spacial score (nSPS) is 24.6. The van der Waals surface area contributed by atoms with Gasteiger partial charge < -0.3 is 10.4 Å². The number of nitrogens with one attached hydrogen (secondary N) is 1. The Labute approximate surface area is 125 Å². The first-order valence-electron chi connectivity index (χ1n) is 7.95. The van der Waals surface area contributed by atoms with Crippen molar-refractivity contribution in [1.82, 2.24) is 5.32 Å². The fourth-order valence-electron chi connectivity index (χ4n) is 3.81. The fourth-order valence-corrected chi connectivity index (χ4v) is 3.81. The zero-order valence-corrected chi connectivity index (χ0v) is 12.1. The first-order valence-corrected chi connectivity index (χ1v) is 7.95. The van der Waals surface area contributed by atoms with Crippen molar-refractivity contribution in [2.45, 2.75) is 43.9 Å². The van der Waals surface area contributed by atoms with Crippen LogP contribution in [0.25, 0.3) is 11.1 Å². The molecule has 0 aliphatic heterocycles. The molecule has 0 unspecified atom stereocenters. The van der Waals surface area contributed by atoms with Crippen molar-refractivity contribution < 1.29 is 5.11 Å². The molecule has 0 heterocycles. The molecule has 2 aromatic carbocycles. The van der Waals surface area contributed by atoms with E-state index in [1.54, 1.807) is 0 Å². The van der Waals surface area contributed by atoms with Gasteiger partial charge in [0.05, 0.1) is 12.1 Å². The Bertz CT molecular complexity index is 598. The monoisotopic (exact) mass is 279 g/mol. The lowest BCUT2D eigenvalue weighted by Gasteiger charge is -2.29. The second-order valence-electron chi connectivity index (χ2n) is 6.28. The molecule has 1 saturated carbocycles. The minimum absolute atomic E-state index is 0.0915. The lowest BCUT2D eigenvalue weighted by Crippen LogP contribution is -2.36. The van der Waals surface area contributed by atoms with Gasteiger partial charge in [-0.3, -0.25) is 0 Å². The average molecular weight is 279 g/mol. The number of fused-ring (bicyclic) bond motifs is 3. The Hall–Kier alpha value is -1.64. The van der Waals surface area contributed by atoms with E-state index in [1.807, 2.05) is 0 Å². The summed E-state index contributed by atoms with van der Waals surface area (Å²) in [5, 5.41) is 13.5. The predicted molar refractivity (Wildman–Crippen MR) is 85.1 cm³/mol. The zero-order chi connectivity index (χ0) is 14.2. The zero-order valence-electron chi connectivity index (χ0n) is 12.1. The quantitative estimate of drug-likeness (QED) is 0.879. The molecule has 2 N–H and O–H groups in total. The van der Waals surface area contributed by atoms with E-state index >= 15 is 0 Å². The topological polar surface area (TPSA) is 32.3 Å². The van der Waals surface area contributed by atoms with E-state index in [-0.39, 0.29) is 6.10 Å². The Morgan fingerprint density at radius 1 is 0.762 bits per heavy atom. The molecule has 0 atom stereocenters. The van der Waals surface area contributed by atoms with Gasteiger partial charge in [-0.25, -0.2) is 0 Å². The molecular weight excluding hydrogens is 258 g/mol. The largest absolute Gasteiger partial charge is 0.393 e. The summed E-state index contributed by atoms with van der Waals surface area (Å²) in [6.45, 7) is 0. The van der Waals surface area contributed by atoms with Crippen molar-refractivity contribution in [2.24, 2.45) is 0 Å². The SMILES string of the molecule is OC1CCC(NC2c3ccccc3-c3ccccc32)CC1. The Balaban J connectivity index is 1.66. The molecule has 0 radical (unpaired) electrons. The molecule has 0 amide bonds. The summed E-state index contributed by atoms with van der Waals surface area (Å²) in [6, 6.07) is 18.2. The maximum atomic E-state index is 9.68. The van der Waals surface area contributed by atoms with E-state index in [0.717, 1.165) is 25.7 Å². The van der Waals surface area contributed by atoms with Crippen LogP contribution in [-0.4, -0.2) is 17.3 Å². The van der Waals surface area contributed by atoms with Crippen LogP contribution < -0.4 is 5.32 Å². The smallest absolute Gasteiger partial charge is 0.0591 e. The summed E-state index contributed by atoms with van der Waals surface area (Å²) in [6.07, 6.45) is 3.90. The van der Waals surface area contributed by atoms with E-state index in [0.29, 0.717) is 12.1 Å². The van der Waals surface area contributed by atoms with E-state index in [2.05, 4.69) is 53.8 Å². The number of rotatable bonds is 2. The van der Waals surface area contributed by atoms with Gasteiger partial charge in [0.2, 0.25) is 0 Å². The van der Waals surface area contributed by atoms with Crippen molar-refractivity contribution in [2.75, 3.05) is 0 Å². The van der Waals surface area contributed by atoms with Crippen molar-refractivity contribution in [3.63, 3.8) is 0 Å². The van der Waals surface area contributed by atoms with Gasteiger partial charge >= 0.3 is 0 Å². The predicted octanol–water partition coefficient (Wildman–Crippen LogP) is 3.65. The number of hydrogen-bond donors (Lipinski definition) is 2. The van der Waals surface area contributed by atoms with Crippen molar-refractivity contribution in [3.05, 3.63) is 59.7 Å². The molecule has 2 heteroatoms. The standard InChI is InChI=1S/C19H21NO/c21-14-11-9-13(10-12-14)20-19-17-7-3-1-5-15(17)16-6-2-4-8-18(16)19/h1-8,13-14,19-21H,9-12H2. The molecule has 21 heavy (non-hydrogen) atoms. The minimum Gasteiger partial charge on any atom is -0.393 e. The molecule has 0 aromatic heterocycles. The second-order valence-corrected chi connectivity index (χ2v) is 6.28. The van der Waals surface area contributed by atoms with E-state index < -0.39 is 0 Å². The molecule has 0 bridgehead atoms. The lowest BCUT2D eigenvalue weighted by atomic mass is 9.91. The highest BCUT2D eigenvalue weighted by Gasteiger charge is 2.30. The lowest BCUT2D eigenvalue weighted by molar-refractivity contribution is 0.115. The molecule has 0 saturated heterocycles. The molecule has 0 spiro atoms. The van der Waals surface area contributed by atoms with Crippen LogP contribution in [-0.2, 0) is 0 Å². The van der Waals surface area contributed by atoms with Crippen LogP contribution in [0.5, 0.6) is 0 Å². The van der Waals surface area contributed by atoms with E-state index in [9.17, 15) is 5.11 Å². The Morgan fingerprint density at radius 3 is 1.86 bits per heavy atom. The fraction of sp³-hybridized carbons (Fsp3) is 0.368. The highest BCUT2D eigenvalue weighted by atomic mass is 16.3. The summed E-state index contributed by atoms with van der Waals surface area (Å²) < 4.78 is 0. The maximum Gasteiger partial charge on any atom is 0.0591 e. The van der Waals surface area contributed by atoms with Crippen molar-refractivity contribution in [1.29, 1.82) is 0 Å².